The predicted octanol–water partition coefficient (Wildman–Crippen LogP) is 0.345. The largest absolute Gasteiger partial charge is 0.458 e. The Morgan fingerprint density at radius 1 is 1.52 bits per heavy atom. The number of carbonyl (C=O) groups excluding carboxylic acids is 1. The number of hydrogen-bond donors (Lipinski definition) is 2. The van der Waals surface area contributed by atoms with Gasteiger partial charge in [-0.25, -0.2) is 18.4 Å². The molecule has 0 aliphatic carbocycles. The van der Waals surface area contributed by atoms with Crippen LogP contribution in [0, 0.1) is 0 Å². The molecule has 1 aromatic heterocycles. The van der Waals surface area contributed by atoms with E-state index >= 15 is 0 Å². The van der Waals surface area contributed by atoms with Crippen molar-refractivity contribution < 1.29 is 22.7 Å². The molecule has 118 valence electrons. The van der Waals surface area contributed by atoms with Gasteiger partial charge in [0, 0.05) is 6.61 Å². The van der Waals surface area contributed by atoms with E-state index in [1.54, 1.807) is 6.92 Å². The van der Waals surface area contributed by atoms with E-state index in [2.05, 4.69) is 10.2 Å². The highest BCUT2D eigenvalue weighted by Gasteiger charge is 2.28. The average Bonchev–Trinajstić information content (AvgIpc) is 2.90. The van der Waals surface area contributed by atoms with E-state index in [9.17, 15) is 13.2 Å². The summed E-state index contributed by atoms with van der Waals surface area (Å²) in [5.41, 5.74) is -0.0106. The number of rotatable bonds is 5. The Bertz CT molecular complexity index is 604. The van der Waals surface area contributed by atoms with Crippen LogP contribution in [0.5, 0.6) is 0 Å². The van der Waals surface area contributed by atoms with Gasteiger partial charge in [0.25, 0.3) is 0 Å². The number of sulfonamides is 1. The molecule has 21 heavy (non-hydrogen) atoms. The van der Waals surface area contributed by atoms with Crippen LogP contribution in [0.15, 0.2) is 4.90 Å². The molecular weight excluding hydrogens is 298 g/mol. The summed E-state index contributed by atoms with van der Waals surface area (Å²) in [6.45, 7) is 2.46. The molecule has 1 fully saturated rings. The molecule has 3 N–H and O–H groups in total. The molecule has 2 rings (SSSR count). The lowest BCUT2D eigenvalue weighted by molar-refractivity contribution is -0.0303. The minimum absolute atomic E-state index is 0.0806. The molecule has 9 heteroatoms. The summed E-state index contributed by atoms with van der Waals surface area (Å²) in [7, 11) is -4.05. The Hall–Kier alpha value is -1.45. The van der Waals surface area contributed by atoms with Gasteiger partial charge in [0.1, 0.15) is 11.5 Å². The normalized spacial score (nSPS) is 19.4. The van der Waals surface area contributed by atoms with Crippen molar-refractivity contribution in [3.05, 3.63) is 11.4 Å². The molecular formula is C12H19N3O5S. The molecule has 0 spiro atoms. The average molecular weight is 317 g/mol. The number of hydrogen-bond acceptors (Lipinski definition) is 6. The number of primary sulfonamides is 1. The third-order valence-corrected chi connectivity index (χ3v) is 4.31. The number of aromatic amines is 1. The molecule has 2 heterocycles. The van der Waals surface area contributed by atoms with Gasteiger partial charge in [-0.1, -0.05) is 6.92 Å². The minimum atomic E-state index is -4.05. The first kappa shape index (κ1) is 15.9. The Morgan fingerprint density at radius 3 is 2.86 bits per heavy atom. The molecule has 0 radical (unpaired) electrons. The number of nitrogens with one attached hydrogen (secondary N) is 1. The highest BCUT2D eigenvalue weighted by atomic mass is 32.2. The predicted molar refractivity (Wildman–Crippen MR) is 73.2 cm³/mol. The van der Waals surface area contributed by atoms with E-state index in [-0.39, 0.29) is 23.3 Å². The smallest absolute Gasteiger partial charge is 0.360 e. The Kier molecular flexibility index (Phi) is 4.96. The van der Waals surface area contributed by atoms with Crippen molar-refractivity contribution in [1.29, 1.82) is 0 Å². The molecule has 1 aliphatic rings. The summed E-state index contributed by atoms with van der Waals surface area (Å²) >= 11 is 0. The fourth-order valence-electron chi connectivity index (χ4n) is 2.23. The number of H-pyrrole nitrogens is 1. The molecule has 1 aliphatic heterocycles. The van der Waals surface area contributed by atoms with Crippen LogP contribution in [-0.4, -0.2) is 43.9 Å². The van der Waals surface area contributed by atoms with Gasteiger partial charge in [0.05, 0.1) is 11.8 Å². The van der Waals surface area contributed by atoms with Crippen LogP contribution < -0.4 is 5.14 Å². The monoisotopic (exact) mass is 317 g/mol. The summed E-state index contributed by atoms with van der Waals surface area (Å²) in [6, 6.07) is 0. The Morgan fingerprint density at radius 2 is 2.29 bits per heavy atom. The number of nitrogens with zero attached hydrogens (tertiary/aromatic N) is 1. The highest BCUT2D eigenvalue weighted by molar-refractivity contribution is 7.89. The van der Waals surface area contributed by atoms with Gasteiger partial charge in [0.2, 0.25) is 10.0 Å². The van der Waals surface area contributed by atoms with Crippen LogP contribution in [0.2, 0.25) is 0 Å². The van der Waals surface area contributed by atoms with Gasteiger partial charge in [-0.05, 0) is 25.7 Å². The van der Waals surface area contributed by atoms with Crippen molar-refractivity contribution in [2.75, 3.05) is 13.2 Å². The summed E-state index contributed by atoms with van der Waals surface area (Å²) < 4.78 is 33.7. The zero-order valence-corrected chi connectivity index (χ0v) is 12.6. The molecule has 0 saturated carbocycles. The lowest BCUT2D eigenvalue weighted by Gasteiger charge is -2.21. The third-order valence-electron chi connectivity index (χ3n) is 3.30. The maximum absolute atomic E-state index is 12.0. The van der Waals surface area contributed by atoms with Gasteiger partial charge in [-0.2, -0.15) is 5.10 Å². The van der Waals surface area contributed by atoms with Crippen LogP contribution in [0.25, 0.3) is 0 Å². The second kappa shape index (κ2) is 6.54. The van der Waals surface area contributed by atoms with Crippen molar-refractivity contribution in [3.8, 4) is 0 Å². The van der Waals surface area contributed by atoms with E-state index in [0.29, 0.717) is 18.7 Å². The number of aryl methyl sites for hydroxylation is 1. The number of esters is 1. The van der Waals surface area contributed by atoms with E-state index in [0.717, 1.165) is 19.3 Å². The first-order chi connectivity index (χ1) is 9.93. The molecule has 0 bridgehead atoms. The molecule has 1 saturated heterocycles. The van der Waals surface area contributed by atoms with Crippen LogP contribution >= 0.6 is 0 Å². The Balaban J connectivity index is 2.10. The molecule has 0 aromatic carbocycles. The fourth-order valence-corrected chi connectivity index (χ4v) is 3.16. The quantitative estimate of drug-likeness (QED) is 0.755. The zero-order valence-electron chi connectivity index (χ0n) is 11.8. The first-order valence-electron chi connectivity index (χ1n) is 6.82. The second-order valence-corrected chi connectivity index (χ2v) is 6.36. The lowest BCUT2D eigenvalue weighted by atomic mass is 10.1. The topological polar surface area (TPSA) is 124 Å². The van der Waals surface area contributed by atoms with Crippen LogP contribution in [0.3, 0.4) is 0 Å². The minimum Gasteiger partial charge on any atom is -0.458 e. The lowest BCUT2D eigenvalue weighted by Crippen LogP contribution is -2.26. The molecule has 1 unspecified atom stereocenters. The van der Waals surface area contributed by atoms with Crippen molar-refractivity contribution in [2.45, 2.75) is 43.6 Å². The standard InChI is InChI=1S/C12H19N3O5S/c1-2-9-11(21(13,17)18)10(15-14-9)12(16)20-7-8-5-3-4-6-19-8/h8H,2-7H2,1H3,(H,14,15)(H2,13,17,18). The van der Waals surface area contributed by atoms with E-state index < -0.39 is 16.0 Å². The number of nitrogens with two attached hydrogens (primary N) is 1. The summed E-state index contributed by atoms with van der Waals surface area (Å²) in [5, 5.41) is 11.4. The van der Waals surface area contributed by atoms with Crippen molar-refractivity contribution >= 4 is 16.0 Å². The maximum Gasteiger partial charge on any atom is 0.360 e. The van der Waals surface area contributed by atoms with E-state index in [1.807, 2.05) is 0 Å². The van der Waals surface area contributed by atoms with Crippen molar-refractivity contribution in [1.82, 2.24) is 10.2 Å². The summed E-state index contributed by atoms with van der Waals surface area (Å²) in [6.07, 6.45) is 3.05. The van der Waals surface area contributed by atoms with Gasteiger partial charge >= 0.3 is 5.97 Å². The molecule has 1 aromatic rings. The fraction of sp³-hybridized carbons (Fsp3) is 0.667. The number of ether oxygens (including phenoxy) is 2. The van der Waals surface area contributed by atoms with Crippen LogP contribution in [-0.2, 0) is 25.9 Å². The van der Waals surface area contributed by atoms with Gasteiger partial charge in [-0.3, -0.25) is 5.10 Å². The summed E-state index contributed by atoms with van der Waals surface area (Å²) in [5.74, 6) is -0.816. The van der Waals surface area contributed by atoms with Crippen molar-refractivity contribution in [3.63, 3.8) is 0 Å². The highest BCUT2D eigenvalue weighted by Crippen LogP contribution is 2.19. The first-order valence-corrected chi connectivity index (χ1v) is 8.37. The Labute approximate surface area is 123 Å². The molecule has 0 amide bonds. The summed E-state index contributed by atoms with van der Waals surface area (Å²) in [4.78, 5) is 11.7. The molecule has 8 nitrogen and oxygen atoms in total. The van der Waals surface area contributed by atoms with Crippen LogP contribution in [0.1, 0.15) is 42.4 Å². The van der Waals surface area contributed by atoms with Crippen molar-refractivity contribution in [2.24, 2.45) is 5.14 Å². The maximum atomic E-state index is 12.0. The number of carbonyl (C=O) groups is 1. The van der Waals surface area contributed by atoms with Gasteiger partial charge in [0.15, 0.2) is 5.69 Å². The van der Waals surface area contributed by atoms with E-state index in [1.165, 1.54) is 0 Å². The second-order valence-electron chi connectivity index (χ2n) is 4.87. The van der Waals surface area contributed by atoms with Gasteiger partial charge in [-0.15, -0.1) is 0 Å². The van der Waals surface area contributed by atoms with Gasteiger partial charge < -0.3 is 9.47 Å². The zero-order chi connectivity index (χ0) is 15.5. The SMILES string of the molecule is CCc1[nH]nc(C(=O)OCC2CCCCO2)c1S(N)(=O)=O. The van der Waals surface area contributed by atoms with Crippen LogP contribution in [0.4, 0.5) is 0 Å². The third kappa shape index (κ3) is 3.80. The molecule has 1 atom stereocenters. The van der Waals surface area contributed by atoms with E-state index in [4.69, 9.17) is 14.6 Å². The number of aromatic nitrogens is 2.